The standard InChI is InChI=1S/C25H26N8/c1-15-6-8-18(19(10-15)22-29-14-30-32(22)5)23-31-20-11-16(17-12-27-24(26)28-13-17)7-9-21(20)33(23)25(2,3)4/h6-14H,1-5H3,(H2,26,27,28). The molecule has 0 bridgehead atoms. The number of fused-ring (bicyclic) bond motifs is 1. The second-order valence-electron chi connectivity index (χ2n) is 9.23. The van der Waals surface area contributed by atoms with E-state index >= 15 is 0 Å². The van der Waals surface area contributed by atoms with Crippen LogP contribution in [-0.4, -0.2) is 34.3 Å². The molecule has 0 unspecified atom stereocenters. The monoisotopic (exact) mass is 438 g/mol. The third kappa shape index (κ3) is 3.63. The fraction of sp³-hybridized carbons (Fsp3) is 0.240. The van der Waals surface area contributed by atoms with Crippen LogP contribution in [0.15, 0.2) is 55.1 Å². The number of imidazole rings is 1. The second-order valence-corrected chi connectivity index (χ2v) is 9.23. The Hall–Kier alpha value is -4.07. The summed E-state index contributed by atoms with van der Waals surface area (Å²) in [4.78, 5) is 17.9. The van der Waals surface area contributed by atoms with Gasteiger partial charge in [-0.05, 0) is 51.5 Å². The summed E-state index contributed by atoms with van der Waals surface area (Å²) < 4.78 is 4.08. The highest BCUT2D eigenvalue weighted by Gasteiger charge is 2.25. The number of hydrogen-bond donors (Lipinski definition) is 1. The van der Waals surface area contributed by atoms with Crippen molar-refractivity contribution in [1.29, 1.82) is 0 Å². The van der Waals surface area contributed by atoms with Gasteiger partial charge in [-0.15, -0.1) is 0 Å². The van der Waals surface area contributed by atoms with Gasteiger partial charge in [0.2, 0.25) is 5.95 Å². The van der Waals surface area contributed by atoms with E-state index in [1.54, 1.807) is 23.4 Å². The molecule has 5 aromatic rings. The molecule has 3 aromatic heterocycles. The van der Waals surface area contributed by atoms with Gasteiger partial charge in [-0.1, -0.05) is 23.8 Å². The molecule has 0 aliphatic carbocycles. The van der Waals surface area contributed by atoms with Crippen molar-refractivity contribution in [3.63, 3.8) is 0 Å². The zero-order valence-corrected chi connectivity index (χ0v) is 19.4. The van der Waals surface area contributed by atoms with Crippen LogP contribution in [0.2, 0.25) is 0 Å². The molecule has 3 heterocycles. The molecule has 2 aromatic carbocycles. The number of rotatable bonds is 3. The van der Waals surface area contributed by atoms with Crippen LogP contribution in [0.1, 0.15) is 26.3 Å². The lowest BCUT2D eigenvalue weighted by Crippen LogP contribution is -2.22. The SMILES string of the molecule is Cc1ccc(-c2nc3cc(-c4cnc(N)nc4)ccc3n2C(C)(C)C)c(-c2ncnn2C)c1. The molecule has 0 saturated heterocycles. The largest absolute Gasteiger partial charge is 0.368 e. The highest BCUT2D eigenvalue weighted by Crippen LogP contribution is 2.37. The Balaban J connectivity index is 1.77. The summed E-state index contributed by atoms with van der Waals surface area (Å²) in [6.07, 6.45) is 5.05. The fourth-order valence-corrected chi connectivity index (χ4v) is 4.18. The number of aryl methyl sites for hydroxylation is 2. The summed E-state index contributed by atoms with van der Waals surface area (Å²) in [5.74, 6) is 1.96. The number of nitrogens with zero attached hydrogens (tertiary/aromatic N) is 7. The lowest BCUT2D eigenvalue weighted by atomic mass is 10.0. The Bertz CT molecular complexity index is 1470. The lowest BCUT2D eigenvalue weighted by molar-refractivity contribution is 0.413. The predicted octanol–water partition coefficient (Wildman–Crippen LogP) is 4.60. The maximum absolute atomic E-state index is 5.66. The van der Waals surface area contributed by atoms with Gasteiger partial charge in [0.1, 0.15) is 12.2 Å². The molecule has 0 aliphatic heterocycles. The highest BCUT2D eigenvalue weighted by molar-refractivity contribution is 5.88. The number of benzene rings is 2. The summed E-state index contributed by atoms with van der Waals surface area (Å²) >= 11 is 0. The zero-order valence-electron chi connectivity index (χ0n) is 19.4. The minimum Gasteiger partial charge on any atom is -0.368 e. The first-order valence-electron chi connectivity index (χ1n) is 10.8. The molecule has 0 fully saturated rings. The first kappa shape index (κ1) is 20.8. The van der Waals surface area contributed by atoms with Crippen molar-refractivity contribution >= 4 is 17.0 Å². The van der Waals surface area contributed by atoms with E-state index in [2.05, 4.69) is 88.7 Å². The molecule has 0 amide bonds. The smallest absolute Gasteiger partial charge is 0.219 e. The highest BCUT2D eigenvalue weighted by atomic mass is 15.3. The third-order valence-electron chi connectivity index (χ3n) is 5.70. The van der Waals surface area contributed by atoms with Crippen LogP contribution in [0.4, 0.5) is 5.95 Å². The average molecular weight is 439 g/mol. The van der Waals surface area contributed by atoms with Gasteiger partial charge in [-0.25, -0.2) is 24.6 Å². The molecule has 0 atom stereocenters. The van der Waals surface area contributed by atoms with E-state index in [1.165, 1.54) is 0 Å². The summed E-state index contributed by atoms with van der Waals surface area (Å²) in [6.45, 7) is 8.65. The Kier molecular flexibility index (Phi) is 4.74. The molecular formula is C25H26N8. The van der Waals surface area contributed by atoms with Crippen LogP contribution in [0.25, 0.3) is 44.9 Å². The zero-order chi connectivity index (χ0) is 23.3. The summed E-state index contributed by atoms with van der Waals surface area (Å²) in [6, 6.07) is 12.6. The minimum absolute atomic E-state index is 0.196. The van der Waals surface area contributed by atoms with Gasteiger partial charge in [-0.3, -0.25) is 0 Å². The van der Waals surface area contributed by atoms with Crippen LogP contribution < -0.4 is 5.73 Å². The molecule has 166 valence electrons. The van der Waals surface area contributed by atoms with Gasteiger partial charge >= 0.3 is 0 Å². The van der Waals surface area contributed by atoms with Crippen LogP contribution in [-0.2, 0) is 12.6 Å². The molecule has 5 rings (SSSR count). The van der Waals surface area contributed by atoms with Gasteiger partial charge in [0, 0.05) is 41.7 Å². The van der Waals surface area contributed by atoms with Crippen molar-refractivity contribution < 1.29 is 0 Å². The second kappa shape index (κ2) is 7.51. The lowest BCUT2D eigenvalue weighted by Gasteiger charge is -2.25. The molecule has 0 aliphatic rings. The van der Waals surface area contributed by atoms with Gasteiger partial charge in [0.25, 0.3) is 0 Å². The van der Waals surface area contributed by atoms with E-state index in [0.29, 0.717) is 0 Å². The quantitative estimate of drug-likeness (QED) is 0.442. The number of nitrogen functional groups attached to an aromatic ring is 1. The normalized spacial score (nSPS) is 11.9. The minimum atomic E-state index is -0.196. The van der Waals surface area contributed by atoms with Crippen LogP contribution >= 0.6 is 0 Å². The molecule has 0 radical (unpaired) electrons. The molecule has 8 heteroatoms. The maximum Gasteiger partial charge on any atom is 0.219 e. The van der Waals surface area contributed by atoms with Crippen molar-refractivity contribution in [2.75, 3.05) is 5.73 Å². The number of nitrogens with two attached hydrogens (primary N) is 1. The topological polar surface area (TPSA) is 100 Å². The van der Waals surface area contributed by atoms with Crippen LogP contribution in [0.5, 0.6) is 0 Å². The average Bonchev–Trinajstić information content (AvgIpc) is 3.36. The van der Waals surface area contributed by atoms with E-state index < -0.39 is 0 Å². The Morgan fingerprint density at radius 3 is 2.27 bits per heavy atom. The Morgan fingerprint density at radius 2 is 1.61 bits per heavy atom. The molecule has 33 heavy (non-hydrogen) atoms. The van der Waals surface area contributed by atoms with Gasteiger partial charge < -0.3 is 10.3 Å². The summed E-state index contributed by atoms with van der Waals surface area (Å²) in [5.41, 5.74) is 12.5. The van der Waals surface area contributed by atoms with Crippen molar-refractivity contribution in [3.05, 3.63) is 60.7 Å². The van der Waals surface area contributed by atoms with Gasteiger partial charge in [-0.2, -0.15) is 5.10 Å². The molecule has 8 nitrogen and oxygen atoms in total. The molecule has 0 spiro atoms. The Morgan fingerprint density at radius 1 is 0.848 bits per heavy atom. The summed E-state index contributed by atoms with van der Waals surface area (Å²) in [5, 5.41) is 4.28. The first-order chi connectivity index (χ1) is 15.7. The van der Waals surface area contributed by atoms with Crippen molar-refractivity contribution in [3.8, 4) is 33.9 Å². The molecule has 0 saturated carbocycles. The first-order valence-corrected chi connectivity index (χ1v) is 10.8. The van der Waals surface area contributed by atoms with Gasteiger partial charge in [0.15, 0.2) is 5.82 Å². The van der Waals surface area contributed by atoms with E-state index in [4.69, 9.17) is 10.7 Å². The Labute approximate surface area is 192 Å². The predicted molar refractivity (Wildman–Crippen MR) is 130 cm³/mol. The van der Waals surface area contributed by atoms with Crippen LogP contribution in [0.3, 0.4) is 0 Å². The van der Waals surface area contributed by atoms with Crippen LogP contribution in [0, 0.1) is 6.92 Å². The number of anilines is 1. The molecular weight excluding hydrogens is 412 g/mol. The fourth-order valence-electron chi connectivity index (χ4n) is 4.18. The van der Waals surface area contributed by atoms with E-state index in [1.807, 2.05) is 7.05 Å². The molecule has 2 N–H and O–H groups in total. The third-order valence-corrected chi connectivity index (χ3v) is 5.70. The number of hydrogen-bond acceptors (Lipinski definition) is 6. The van der Waals surface area contributed by atoms with Crippen molar-refractivity contribution in [2.24, 2.45) is 7.05 Å². The van der Waals surface area contributed by atoms with Crippen molar-refractivity contribution in [2.45, 2.75) is 33.2 Å². The van der Waals surface area contributed by atoms with Gasteiger partial charge in [0.05, 0.1) is 11.0 Å². The van der Waals surface area contributed by atoms with Crippen molar-refractivity contribution in [1.82, 2.24) is 34.3 Å². The summed E-state index contributed by atoms with van der Waals surface area (Å²) in [7, 11) is 1.90. The number of aromatic nitrogens is 7. The van der Waals surface area contributed by atoms with E-state index in [-0.39, 0.29) is 11.5 Å². The maximum atomic E-state index is 5.66. The van der Waals surface area contributed by atoms with E-state index in [9.17, 15) is 0 Å². The van der Waals surface area contributed by atoms with E-state index in [0.717, 1.165) is 50.5 Å².